The van der Waals surface area contributed by atoms with Gasteiger partial charge in [0.25, 0.3) is 0 Å². The predicted octanol–water partition coefficient (Wildman–Crippen LogP) is 3.15. The molecule has 0 radical (unpaired) electrons. The minimum Gasteiger partial charge on any atom is -0.497 e. The van der Waals surface area contributed by atoms with Crippen molar-refractivity contribution >= 4 is 0 Å². The first kappa shape index (κ1) is 17.4. The van der Waals surface area contributed by atoms with Gasteiger partial charge in [0.2, 0.25) is 0 Å². The van der Waals surface area contributed by atoms with Crippen LogP contribution in [0.15, 0.2) is 30.3 Å². The van der Waals surface area contributed by atoms with Gasteiger partial charge in [0.15, 0.2) is 11.5 Å². The number of nitrogens with one attached hydrogen (secondary N) is 1. The molecule has 1 heterocycles. The molecule has 3 rings (SSSR count). The molecule has 0 fully saturated rings. The van der Waals surface area contributed by atoms with E-state index in [0.29, 0.717) is 0 Å². The highest BCUT2D eigenvalue weighted by molar-refractivity contribution is 5.50. The van der Waals surface area contributed by atoms with Crippen LogP contribution in [0.5, 0.6) is 23.0 Å². The lowest BCUT2D eigenvalue weighted by Crippen LogP contribution is -2.31. The van der Waals surface area contributed by atoms with Crippen LogP contribution in [0, 0.1) is 0 Å². The quantitative estimate of drug-likeness (QED) is 0.873. The Hall–Kier alpha value is -2.40. The maximum absolute atomic E-state index is 5.55. The van der Waals surface area contributed by atoms with Crippen LogP contribution in [0.1, 0.15) is 22.7 Å². The van der Waals surface area contributed by atoms with Crippen molar-refractivity contribution in [1.29, 1.82) is 0 Å². The van der Waals surface area contributed by atoms with Gasteiger partial charge < -0.3 is 24.3 Å². The molecule has 134 valence electrons. The molecule has 1 N–H and O–H groups in total. The third-order valence-electron chi connectivity index (χ3n) is 4.72. The van der Waals surface area contributed by atoms with Crippen molar-refractivity contribution in [2.45, 2.75) is 18.9 Å². The van der Waals surface area contributed by atoms with Crippen LogP contribution in [-0.4, -0.2) is 35.0 Å². The van der Waals surface area contributed by atoms with Crippen molar-refractivity contribution in [2.75, 3.05) is 35.0 Å². The zero-order valence-corrected chi connectivity index (χ0v) is 15.2. The monoisotopic (exact) mass is 343 g/mol. The van der Waals surface area contributed by atoms with Gasteiger partial charge in [-0.1, -0.05) is 6.07 Å². The summed E-state index contributed by atoms with van der Waals surface area (Å²) in [7, 11) is 6.69. The van der Waals surface area contributed by atoms with Crippen molar-refractivity contribution < 1.29 is 18.9 Å². The fourth-order valence-electron chi connectivity index (χ4n) is 3.39. The van der Waals surface area contributed by atoms with Crippen molar-refractivity contribution in [3.8, 4) is 23.0 Å². The molecule has 1 atom stereocenters. The maximum Gasteiger partial charge on any atom is 0.161 e. The van der Waals surface area contributed by atoms with Gasteiger partial charge in [-0.25, -0.2) is 0 Å². The summed E-state index contributed by atoms with van der Waals surface area (Å²) in [5, 5.41) is 3.61. The lowest BCUT2D eigenvalue weighted by Gasteiger charge is -2.28. The van der Waals surface area contributed by atoms with Crippen LogP contribution in [-0.2, 0) is 12.8 Å². The molecule has 0 spiro atoms. The number of rotatable bonds is 6. The summed E-state index contributed by atoms with van der Waals surface area (Å²) < 4.78 is 21.8. The second kappa shape index (κ2) is 7.66. The van der Waals surface area contributed by atoms with E-state index in [1.54, 1.807) is 28.4 Å². The molecule has 2 aromatic carbocycles. The molecule has 0 bridgehead atoms. The first-order chi connectivity index (χ1) is 12.2. The Bertz CT molecular complexity index is 745. The molecule has 5 nitrogen and oxygen atoms in total. The topological polar surface area (TPSA) is 49.0 Å². The molecule has 5 heteroatoms. The van der Waals surface area contributed by atoms with E-state index in [0.717, 1.165) is 47.9 Å². The fraction of sp³-hybridized carbons (Fsp3) is 0.400. The van der Waals surface area contributed by atoms with Gasteiger partial charge in [-0.2, -0.15) is 0 Å². The molecule has 0 aliphatic carbocycles. The highest BCUT2D eigenvalue weighted by Gasteiger charge is 2.24. The Morgan fingerprint density at radius 1 is 0.880 bits per heavy atom. The normalized spacial score (nSPS) is 16.1. The Morgan fingerprint density at radius 3 is 2.28 bits per heavy atom. The molecule has 2 aromatic rings. The lowest BCUT2D eigenvalue weighted by atomic mass is 9.89. The average molecular weight is 343 g/mol. The molecule has 1 aliphatic heterocycles. The van der Waals surface area contributed by atoms with E-state index in [-0.39, 0.29) is 6.04 Å². The van der Waals surface area contributed by atoms with Gasteiger partial charge in [-0.15, -0.1) is 0 Å². The maximum atomic E-state index is 5.55. The summed E-state index contributed by atoms with van der Waals surface area (Å²) in [6.07, 6.45) is 1.81. The first-order valence-corrected chi connectivity index (χ1v) is 8.39. The van der Waals surface area contributed by atoms with Crippen LogP contribution in [0.25, 0.3) is 0 Å². The van der Waals surface area contributed by atoms with Crippen molar-refractivity contribution in [1.82, 2.24) is 5.32 Å². The molecule has 25 heavy (non-hydrogen) atoms. The molecule has 0 amide bonds. The molecule has 0 aromatic heterocycles. The minimum atomic E-state index is 0.200. The van der Waals surface area contributed by atoms with Gasteiger partial charge in [0.05, 0.1) is 28.4 Å². The SMILES string of the molecule is COc1ccc(CC2NCCc3cc(OC)c(OC)cc32)c(OC)c1. The second-order valence-corrected chi connectivity index (χ2v) is 6.04. The Labute approximate surface area is 148 Å². The van der Waals surface area contributed by atoms with E-state index < -0.39 is 0 Å². The number of benzene rings is 2. The molecule has 1 aliphatic rings. The summed E-state index contributed by atoms with van der Waals surface area (Å²) in [6, 6.07) is 10.3. The second-order valence-electron chi connectivity index (χ2n) is 6.04. The van der Waals surface area contributed by atoms with Gasteiger partial charge in [-0.05, 0) is 54.3 Å². The highest BCUT2D eigenvalue weighted by Crippen LogP contribution is 2.37. The Balaban J connectivity index is 1.93. The van der Waals surface area contributed by atoms with E-state index in [1.807, 2.05) is 12.1 Å². The number of fused-ring (bicyclic) bond motifs is 1. The van der Waals surface area contributed by atoms with Crippen LogP contribution in [0.3, 0.4) is 0 Å². The van der Waals surface area contributed by atoms with E-state index in [9.17, 15) is 0 Å². The van der Waals surface area contributed by atoms with Crippen LogP contribution in [0.4, 0.5) is 0 Å². The molecular formula is C20H25NO4. The van der Waals surface area contributed by atoms with Crippen LogP contribution in [0.2, 0.25) is 0 Å². The number of ether oxygens (including phenoxy) is 4. The Morgan fingerprint density at radius 2 is 1.60 bits per heavy atom. The summed E-state index contributed by atoms with van der Waals surface area (Å²) >= 11 is 0. The van der Waals surface area contributed by atoms with E-state index in [2.05, 4.69) is 23.5 Å². The molecule has 1 unspecified atom stereocenters. The minimum absolute atomic E-state index is 0.200. The zero-order valence-electron chi connectivity index (χ0n) is 15.2. The molecule has 0 saturated carbocycles. The van der Waals surface area contributed by atoms with Crippen LogP contribution >= 0.6 is 0 Å². The van der Waals surface area contributed by atoms with E-state index in [1.165, 1.54) is 11.1 Å². The highest BCUT2D eigenvalue weighted by atomic mass is 16.5. The zero-order chi connectivity index (χ0) is 17.8. The summed E-state index contributed by atoms with van der Waals surface area (Å²) in [5.74, 6) is 3.18. The first-order valence-electron chi connectivity index (χ1n) is 8.39. The molecule has 0 saturated heterocycles. The summed E-state index contributed by atoms with van der Waals surface area (Å²) in [4.78, 5) is 0. The van der Waals surface area contributed by atoms with Crippen molar-refractivity contribution in [3.05, 3.63) is 47.0 Å². The average Bonchev–Trinajstić information content (AvgIpc) is 2.67. The van der Waals surface area contributed by atoms with Gasteiger partial charge >= 0.3 is 0 Å². The number of methoxy groups -OCH3 is 4. The van der Waals surface area contributed by atoms with Gasteiger partial charge in [-0.3, -0.25) is 0 Å². The van der Waals surface area contributed by atoms with E-state index in [4.69, 9.17) is 18.9 Å². The van der Waals surface area contributed by atoms with Gasteiger partial charge in [0, 0.05) is 12.1 Å². The van der Waals surface area contributed by atoms with Gasteiger partial charge in [0.1, 0.15) is 11.5 Å². The van der Waals surface area contributed by atoms with Crippen molar-refractivity contribution in [3.63, 3.8) is 0 Å². The largest absolute Gasteiger partial charge is 0.497 e. The fourth-order valence-corrected chi connectivity index (χ4v) is 3.39. The molecular weight excluding hydrogens is 318 g/mol. The smallest absolute Gasteiger partial charge is 0.161 e. The third-order valence-corrected chi connectivity index (χ3v) is 4.72. The number of hydrogen-bond donors (Lipinski definition) is 1. The number of hydrogen-bond acceptors (Lipinski definition) is 5. The summed E-state index contributed by atoms with van der Waals surface area (Å²) in [6.45, 7) is 0.936. The van der Waals surface area contributed by atoms with Crippen molar-refractivity contribution in [2.24, 2.45) is 0 Å². The van der Waals surface area contributed by atoms with E-state index >= 15 is 0 Å². The standard InChI is InChI=1S/C20H25NO4/c1-22-15-6-5-14(18(11-15)23-2)9-17-16-12-20(25-4)19(24-3)10-13(16)7-8-21-17/h5-6,10-12,17,21H,7-9H2,1-4H3. The predicted molar refractivity (Wildman–Crippen MR) is 97.2 cm³/mol. The lowest BCUT2D eigenvalue weighted by molar-refractivity contribution is 0.352. The van der Waals surface area contributed by atoms with Crippen LogP contribution < -0.4 is 24.3 Å². The third kappa shape index (κ3) is 3.51. The summed E-state index contributed by atoms with van der Waals surface area (Å²) in [5.41, 5.74) is 3.69. The Kier molecular flexibility index (Phi) is 5.34.